The Labute approximate surface area is 196 Å². The van der Waals surface area contributed by atoms with Crippen LogP contribution in [0.1, 0.15) is 31.7 Å². The molecule has 5 heterocycles. The highest BCUT2D eigenvalue weighted by Crippen LogP contribution is 2.27. The van der Waals surface area contributed by atoms with Crippen LogP contribution in [0.4, 0.5) is 20.4 Å². The van der Waals surface area contributed by atoms with Gasteiger partial charge in [-0.2, -0.15) is 10.2 Å². The maximum absolute atomic E-state index is 12.9. The van der Waals surface area contributed by atoms with Gasteiger partial charge in [0.1, 0.15) is 5.82 Å². The molecule has 1 saturated heterocycles. The Hall–Kier alpha value is -3.53. The van der Waals surface area contributed by atoms with Crippen LogP contribution in [0, 0.1) is 0 Å². The quantitative estimate of drug-likeness (QED) is 0.411. The number of aryl methyl sites for hydroxylation is 1. The van der Waals surface area contributed by atoms with E-state index in [-0.39, 0.29) is 13.1 Å². The van der Waals surface area contributed by atoms with Gasteiger partial charge in [-0.15, -0.1) is 5.10 Å². The van der Waals surface area contributed by atoms with Crippen LogP contribution in [-0.2, 0) is 6.54 Å². The summed E-state index contributed by atoms with van der Waals surface area (Å²) >= 11 is 0. The second kappa shape index (κ2) is 9.02. The largest absolute Gasteiger partial charge is 0.323 e. The fourth-order valence-corrected chi connectivity index (χ4v) is 3.98. The van der Waals surface area contributed by atoms with Gasteiger partial charge in [0.15, 0.2) is 5.82 Å². The normalized spacial score (nSPS) is 15.6. The number of rotatable bonds is 8. The number of halogens is 2. The Kier molecular flexibility index (Phi) is 5.91. The lowest BCUT2D eigenvalue weighted by molar-refractivity contribution is -0.130. The molecule has 0 aliphatic carbocycles. The van der Waals surface area contributed by atoms with Gasteiger partial charge >= 0.3 is 0 Å². The predicted octanol–water partition coefficient (Wildman–Crippen LogP) is 4.49. The van der Waals surface area contributed by atoms with Crippen LogP contribution >= 0.6 is 0 Å². The van der Waals surface area contributed by atoms with Gasteiger partial charge in [-0.05, 0) is 42.2 Å². The maximum Gasteiger partial charge on any atom is 0.272 e. The van der Waals surface area contributed by atoms with Crippen molar-refractivity contribution >= 4 is 22.7 Å². The van der Waals surface area contributed by atoms with Gasteiger partial charge in [-0.3, -0.25) is 14.6 Å². The van der Waals surface area contributed by atoms with Crippen LogP contribution in [0.15, 0.2) is 49.1 Å². The predicted molar refractivity (Wildman–Crippen MR) is 126 cm³/mol. The summed E-state index contributed by atoms with van der Waals surface area (Å²) in [6.07, 6.45) is 8.07. The number of anilines is 2. The van der Waals surface area contributed by atoms with Crippen molar-refractivity contribution in [3.8, 4) is 11.1 Å². The Morgan fingerprint density at radius 2 is 1.85 bits per heavy atom. The summed E-state index contributed by atoms with van der Waals surface area (Å²) in [4.78, 5) is 11.0. The lowest BCUT2D eigenvalue weighted by Gasteiger charge is -2.38. The highest BCUT2D eigenvalue weighted by atomic mass is 19.3. The number of pyridine rings is 2. The molecular formula is C24H26F2N8. The maximum atomic E-state index is 12.9. The second-order valence-corrected chi connectivity index (χ2v) is 9.02. The highest BCUT2D eigenvalue weighted by molar-refractivity contribution is 5.81. The number of alkyl halides is 2. The fourth-order valence-electron chi connectivity index (χ4n) is 3.98. The molecule has 5 rings (SSSR count). The number of hydrogen-bond donors (Lipinski definition) is 1. The van der Waals surface area contributed by atoms with Gasteiger partial charge in [0, 0.05) is 36.6 Å². The zero-order valence-electron chi connectivity index (χ0n) is 19.1. The molecular weight excluding hydrogens is 438 g/mol. The monoisotopic (exact) mass is 464 g/mol. The van der Waals surface area contributed by atoms with Crippen molar-refractivity contribution < 1.29 is 8.78 Å². The summed E-state index contributed by atoms with van der Waals surface area (Å²) < 4.78 is 27.7. The average molecular weight is 465 g/mol. The van der Waals surface area contributed by atoms with E-state index >= 15 is 0 Å². The van der Waals surface area contributed by atoms with Crippen LogP contribution in [0.3, 0.4) is 0 Å². The first-order valence-electron chi connectivity index (χ1n) is 11.3. The van der Waals surface area contributed by atoms with Crippen molar-refractivity contribution in [1.29, 1.82) is 0 Å². The van der Waals surface area contributed by atoms with Gasteiger partial charge in [-0.1, -0.05) is 13.8 Å². The molecule has 0 saturated carbocycles. The van der Waals surface area contributed by atoms with Crippen molar-refractivity contribution in [2.45, 2.75) is 38.7 Å². The molecule has 4 aromatic rings. The molecule has 0 spiro atoms. The third-order valence-corrected chi connectivity index (χ3v) is 5.87. The molecule has 176 valence electrons. The summed E-state index contributed by atoms with van der Waals surface area (Å²) in [6.45, 7) is 5.26. The molecule has 1 aliphatic heterocycles. The first-order chi connectivity index (χ1) is 16.3. The van der Waals surface area contributed by atoms with E-state index in [1.807, 2.05) is 35.1 Å². The number of aromatic nitrogens is 6. The Bertz CT molecular complexity index is 1300. The van der Waals surface area contributed by atoms with Gasteiger partial charge in [0.05, 0.1) is 36.5 Å². The van der Waals surface area contributed by atoms with E-state index in [0.29, 0.717) is 30.6 Å². The Morgan fingerprint density at radius 1 is 1.00 bits per heavy atom. The van der Waals surface area contributed by atoms with Crippen LogP contribution in [-0.4, -0.2) is 60.4 Å². The molecule has 0 unspecified atom stereocenters. The van der Waals surface area contributed by atoms with E-state index in [1.165, 1.54) is 0 Å². The first-order valence-corrected chi connectivity index (χ1v) is 11.3. The van der Waals surface area contributed by atoms with Crippen molar-refractivity contribution in [3.63, 3.8) is 0 Å². The molecule has 4 aromatic heterocycles. The van der Waals surface area contributed by atoms with Crippen molar-refractivity contribution in [1.82, 2.24) is 34.8 Å². The molecule has 0 bridgehead atoms. The minimum atomic E-state index is -2.52. The molecule has 1 aliphatic rings. The van der Waals surface area contributed by atoms with Crippen molar-refractivity contribution in [2.75, 3.05) is 25.0 Å². The average Bonchev–Trinajstić information content (AvgIpc) is 3.26. The number of likely N-dealkylation sites (tertiary alicyclic amines) is 1. The molecule has 0 aromatic carbocycles. The molecule has 8 nitrogen and oxygen atoms in total. The standard InChI is InChI=1S/C24H26F2N8/c1-16(2)17-9-23(32-28-11-17)31-22-5-4-20-21(30-22)8-18(10-27-20)19-12-29-34(13-19)7-3-6-33-14-24(25,26)15-33/h4-5,8-13,16H,3,6-7,14-15H2,1-2H3,(H,30,31,32). The number of nitrogens with zero attached hydrogens (tertiary/aromatic N) is 7. The van der Waals surface area contributed by atoms with Crippen LogP contribution in [0.25, 0.3) is 22.2 Å². The van der Waals surface area contributed by atoms with Gasteiger partial charge < -0.3 is 5.32 Å². The summed E-state index contributed by atoms with van der Waals surface area (Å²) in [5.74, 6) is -0.857. The zero-order chi connectivity index (χ0) is 23.7. The highest BCUT2D eigenvalue weighted by Gasteiger charge is 2.43. The van der Waals surface area contributed by atoms with E-state index < -0.39 is 5.92 Å². The van der Waals surface area contributed by atoms with Crippen LogP contribution in [0.5, 0.6) is 0 Å². The molecule has 1 N–H and O–H groups in total. The molecule has 1 fully saturated rings. The summed E-state index contributed by atoms with van der Waals surface area (Å²) in [5.41, 5.74) is 4.48. The topological polar surface area (TPSA) is 84.7 Å². The van der Waals surface area contributed by atoms with E-state index in [2.05, 4.69) is 39.4 Å². The van der Waals surface area contributed by atoms with Gasteiger partial charge in [0.2, 0.25) is 0 Å². The lowest BCUT2D eigenvalue weighted by atomic mass is 10.1. The van der Waals surface area contributed by atoms with Crippen molar-refractivity contribution in [2.24, 2.45) is 0 Å². The molecule has 0 amide bonds. The number of fused-ring (bicyclic) bond motifs is 1. The Balaban J connectivity index is 1.27. The minimum Gasteiger partial charge on any atom is -0.323 e. The third-order valence-electron chi connectivity index (χ3n) is 5.87. The van der Waals surface area contributed by atoms with E-state index in [1.54, 1.807) is 23.5 Å². The summed E-state index contributed by atoms with van der Waals surface area (Å²) in [7, 11) is 0. The second-order valence-electron chi connectivity index (χ2n) is 9.02. The van der Waals surface area contributed by atoms with E-state index in [4.69, 9.17) is 4.98 Å². The number of nitrogens with one attached hydrogen (secondary N) is 1. The molecule has 0 atom stereocenters. The zero-order valence-corrected chi connectivity index (χ0v) is 19.1. The Morgan fingerprint density at radius 3 is 2.65 bits per heavy atom. The fraction of sp³-hybridized carbons (Fsp3) is 0.375. The van der Waals surface area contributed by atoms with Crippen molar-refractivity contribution in [3.05, 3.63) is 54.6 Å². The molecule has 0 radical (unpaired) electrons. The number of hydrogen-bond acceptors (Lipinski definition) is 7. The lowest BCUT2D eigenvalue weighted by Crippen LogP contribution is -2.56. The third kappa shape index (κ3) is 5.01. The minimum absolute atomic E-state index is 0.139. The smallest absolute Gasteiger partial charge is 0.272 e. The van der Waals surface area contributed by atoms with Crippen LogP contribution < -0.4 is 5.32 Å². The van der Waals surface area contributed by atoms with E-state index in [0.717, 1.165) is 34.1 Å². The van der Waals surface area contributed by atoms with E-state index in [9.17, 15) is 8.78 Å². The SMILES string of the molecule is CC(C)c1cnnc(Nc2ccc3ncc(-c4cnn(CCCN5CC(F)(F)C5)c4)cc3n2)c1. The summed E-state index contributed by atoms with van der Waals surface area (Å²) in [5, 5.41) is 15.9. The molecule has 10 heteroatoms. The summed E-state index contributed by atoms with van der Waals surface area (Å²) in [6, 6.07) is 7.73. The van der Waals surface area contributed by atoms with Gasteiger partial charge in [0.25, 0.3) is 5.92 Å². The first kappa shape index (κ1) is 22.3. The van der Waals surface area contributed by atoms with Gasteiger partial charge in [-0.25, -0.2) is 13.8 Å². The molecule has 34 heavy (non-hydrogen) atoms. The van der Waals surface area contributed by atoms with Crippen LogP contribution in [0.2, 0.25) is 0 Å².